The number of rotatable bonds is 9. The summed E-state index contributed by atoms with van der Waals surface area (Å²) in [5, 5.41) is 23.5. The van der Waals surface area contributed by atoms with Gasteiger partial charge in [-0.2, -0.15) is 10.2 Å². The first-order valence-corrected chi connectivity index (χ1v) is 13.6. The average molecular weight is 576 g/mol. The lowest BCUT2D eigenvalue weighted by Crippen LogP contribution is -2.29. The number of fused-ring (bicyclic) bond motifs is 1. The number of anilines is 2. The standard InChI is InChI=1S/C28H29N7O7/c36-25-16-40-23-4-5-24(31-26(23)32-25)35-15-19(42-28(35)39)6-8-29-12-17-2-1-3-18(10-17)22-11-21(13-30-33-22)41-20-7-9-34(14-20)27(37)38/h1-5,10-11,13,19-20,29H,6-9,12,14-16H2,(H,37,38)(H,31,32,36)/t19-,20+/m0/s1. The largest absolute Gasteiger partial charge is 0.487 e. The van der Waals surface area contributed by atoms with Crippen molar-refractivity contribution in [3.8, 4) is 22.8 Å². The molecular weight excluding hydrogens is 546 g/mol. The zero-order valence-corrected chi connectivity index (χ0v) is 22.6. The van der Waals surface area contributed by atoms with Crippen molar-refractivity contribution < 1.29 is 33.7 Å². The number of pyridine rings is 1. The molecule has 0 unspecified atom stereocenters. The van der Waals surface area contributed by atoms with Gasteiger partial charge < -0.3 is 34.9 Å². The van der Waals surface area contributed by atoms with Crippen molar-refractivity contribution in [2.45, 2.75) is 31.6 Å². The minimum absolute atomic E-state index is 0.0631. The Morgan fingerprint density at radius 3 is 2.95 bits per heavy atom. The molecule has 3 aliphatic heterocycles. The van der Waals surface area contributed by atoms with Crippen LogP contribution in [0.4, 0.5) is 21.2 Å². The van der Waals surface area contributed by atoms with Gasteiger partial charge in [0, 0.05) is 31.1 Å². The highest BCUT2D eigenvalue weighted by Crippen LogP contribution is 2.30. The Bertz CT molecular complexity index is 1500. The Balaban J connectivity index is 0.991. The van der Waals surface area contributed by atoms with Gasteiger partial charge in [0.05, 0.1) is 25.0 Å². The van der Waals surface area contributed by atoms with Crippen molar-refractivity contribution in [3.05, 3.63) is 54.2 Å². The fourth-order valence-electron chi connectivity index (χ4n) is 5.04. The van der Waals surface area contributed by atoms with Crippen molar-refractivity contribution in [1.82, 2.24) is 25.4 Å². The van der Waals surface area contributed by atoms with Crippen LogP contribution in [0.5, 0.6) is 11.5 Å². The van der Waals surface area contributed by atoms with Gasteiger partial charge in [-0.25, -0.2) is 14.6 Å². The van der Waals surface area contributed by atoms with Crippen molar-refractivity contribution in [2.75, 3.05) is 43.0 Å². The van der Waals surface area contributed by atoms with Crippen LogP contribution in [0.25, 0.3) is 11.3 Å². The molecule has 14 nitrogen and oxygen atoms in total. The second kappa shape index (κ2) is 11.9. The number of carboxylic acid groups (broad SMARTS) is 1. The monoisotopic (exact) mass is 575 g/mol. The van der Waals surface area contributed by atoms with E-state index in [1.165, 1.54) is 16.0 Å². The average Bonchev–Trinajstić information content (AvgIpc) is 3.61. The number of carbonyl (C=O) groups excluding carboxylic acids is 2. The summed E-state index contributed by atoms with van der Waals surface area (Å²) in [6.45, 7) is 2.28. The minimum Gasteiger partial charge on any atom is -0.487 e. The summed E-state index contributed by atoms with van der Waals surface area (Å²) < 4.78 is 16.8. The Labute approximate surface area is 240 Å². The number of carbonyl (C=O) groups is 3. The van der Waals surface area contributed by atoms with Gasteiger partial charge in [0.15, 0.2) is 18.2 Å². The molecule has 5 heterocycles. The minimum atomic E-state index is -0.943. The maximum absolute atomic E-state index is 12.5. The Hall–Kier alpha value is -4.98. The zero-order chi connectivity index (χ0) is 29.1. The van der Waals surface area contributed by atoms with Gasteiger partial charge in [0.2, 0.25) is 0 Å². The maximum Gasteiger partial charge on any atom is 0.415 e. The van der Waals surface area contributed by atoms with E-state index in [2.05, 4.69) is 25.8 Å². The van der Waals surface area contributed by atoms with Gasteiger partial charge in [0.1, 0.15) is 23.8 Å². The third kappa shape index (κ3) is 6.17. The number of likely N-dealkylation sites (tertiary alicyclic amines) is 1. The molecule has 218 valence electrons. The molecule has 6 rings (SSSR count). The molecule has 3 aromatic rings. The van der Waals surface area contributed by atoms with Gasteiger partial charge in [-0.05, 0) is 36.7 Å². The zero-order valence-electron chi connectivity index (χ0n) is 22.6. The number of hydrogen-bond acceptors (Lipinski definition) is 10. The van der Waals surface area contributed by atoms with E-state index in [4.69, 9.17) is 19.3 Å². The number of cyclic esters (lactones) is 1. The highest BCUT2D eigenvalue weighted by molar-refractivity contribution is 5.95. The fraction of sp³-hybridized carbons (Fsp3) is 0.357. The van der Waals surface area contributed by atoms with Gasteiger partial charge in [0.25, 0.3) is 5.91 Å². The third-order valence-corrected chi connectivity index (χ3v) is 7.15. The van der Waals surface area contributed by atoms with Gasteiger partial charge in [-0.15, -0.1) is 0 Å². The van der Waals surface area contributed by atoms with Crippen molar-refractivity contribution in [1.29, 1.82) is 0 Å². The first kappa shape index (κ1) is 27.2. The topological polar surface area (TPSA) is 168 Å². The SMILES string of the molecule is O=C1COc2ccc(N3C[C@H](CCNCc4cccc(-c5cc(O[C@@H]6CCN(C(=O)O)C6)cnn5)c4)OC3=O)nc2N1. The predicted molar refractivity (Wildman–Crippen MR) is 148 cm³/mol. The smallest absolute Gasteiger partial charge is 0.415 e. The first-order valence-electron chi connectivity index (χ1n) is 13.6. The number of amides is 3. The van der Waals surface area contributed by atoms with Crippen LogP contribution < -0.4 is 25.0 Å². The van der Waals surface area contributed by atoms with Crippen LogP contribution in [0, 0.1) is 0 Å². The van der Waals surface area contributed by atoms with Gasteiger partial charge in [-0.1, -0.05) is 18.2 Å². The summed E-state index contributed by atoms with van der Waals surface area (Å²) in [5.41, 5.74) is 2.58. The van der Waals surface area contributed by atoms with Crippen LogP contribution in [0.1, 0.15) is 18.4 Å². The molecule has 2 aromatic heterocycles. The number of ether oxygens (including phenoxy) is 3. The molecule has 2 fully saturated rings. The lowest BCUT2D eigenvalue weighted by Gasteiger charge is -2.19. The van der Waals surface area contributed by atoms with Crippen LogP contribution in [-0.4, -0.2) is 88.3 Å². The quantitative estimate of drug-likeness (QED) is 0.321. The molecule has 3 N–H and O–H groups in total. The van der Waals surface area contributed by atoms with Gasteiger partial charge >= 0.3 is 12.2 Å². The fourth-order valence-corrected chi connectivity index (χ4v) is 5.04. The highest BCUT2D eigenvalue weighted by atomic mass is 16.6. The van der Waals surface area contributed by atoms with E-state index in [-0.39, 0.29) is 30.5 Å². The lowest BCUT2D eigenvalue weighted by atomic mass is 10.1. The van der Waals surface area contributed by atoms with Crippen LogP contribution in [0.3, 0.4) is 0 Å². The second-order valence-electron chi connectivity index (χ2n) is 10.2. The molecule has 0 radical (unpaired) electrons. The Kier molecular flexibility index (Phi) is 7.68. The number of nitrogens with one attached hydrogen (secondary N) is 2. The maximum atomic E-state index is 12.5. The van der Waals surface area contributed by atoms with E-state index in [1.807, 2.05) is 30.3 Å². The molecule has 0 spiro atoms. The van der Waals surface area contributed by atoms with Crippen molar-refractivity contribution >= 4 is 29.7 Å². The molecule has 0 aliphatic carbocycles. The second-order valence-corrected chi connectivity index (χ2v) is 10.2. The Morgan fingerprint density at radius 1 is 1.19 bits per heavy atom. The molecule has 2 atom stereocenters. The van der Waals surface area contributed by atoms with E-state index < -0.39 is 12.2 Å². The Morgan fingerprint density at radius 2 is 2.10 bits per heavy atom. The molecular formula is C28H29N7O7. The third-order valence-electron chi connectivity index (χ3n) is 7.15. The number of aromatic nitrogens is 3. The van der Waals surface area contributed by atoms with Crippen LogP contribution in [-0.2, 0) is 16.1 Å². The molecule has 42 heavy (non-hydrogen) atoms. The normalized spacial score (nSPS) is 19.6. The van der Waals surface area contributed by atoms with Crippen molar-refractivity contribution in [3.63, 3.8) is 0 Å². The highest BCUT2D eigenvalue weighted by Gasteiger charge is 2.33. The summed E-state index contributed by atoms with van der Waals surface area (Å²) in [6.07, 6.45) is 0.821. The summed E-state index contributed by atoms with van der Waals surface area (Å²) in [7, 11) is 0. The van der Waals surface area contributed by atoms with Crippen LogP contribution in [0.15, 0.2) is 48.7 Å². The van der Waals surface area contributed by atoms with Crippen LogP contribution in [0.2, 0.25) is 0 Å². The van der Waals surface area contributed by atoms with Crippen LogP contribution >= 0.6 is 0 Å². The molecule has 2 saturated heterocycles. The molecule has 3 amide bonds. The van der Waals surface area contributed by atoms with Crippen molar-refractivity contribution in [2.24, 2.45) is 0 Å². The van der Waals surface area contributed by atoms with E-state index >= 15 is 0 Å². The number of benzene rings is 1. The molecule has 3 aliphatic rings. The van der Waals surface area contributed by atoms with E-state index in [1.54, 1.807) is 12.1 Å². The lowest BCUT2D eigenvalue weighted by molar-refractivity contribution is -0.118. The summed E-state index contributed by atoms with van der Waals surface area (Å²) >= 11 is 0. The van der Waals surface area contributed by atoms with Gasteiger partial charge in [-0.3, -0.25) is 9.69 Å². The summed E-state index contributed by atoms with van der Waals surface area (Å²) in [5.74, 6) is 1.39. The van der Waals surface area contributed by atoms with E-state index in [9.17, 15) is 14.4 Å². The molecule has 1 aromatic carbocycles. The molecule has 14 heteroatoms. The molecule has 0 bridgehead atoms. The number of nitrogens with zero attached hydrogens (tertiary/aromatic N) is 5. The first-order chi connectivity index (χ1) is 20.4. The van der Waals surface area contributed by atoms with E-state index in [0.29, 0.717) is 68.6 Å². The predicted octanol–water partition coefficient (Wildman–Crippen LogP) is 2.51. The summed E-state index contributed by atoms with van der Waals surface area (Å²) in [6, 6.07) is 13.1. The summed E-state index contributed by atoms with van der Waals surface area (Å²) in [4.78, 5) is 42.4. The van der Waals surface area contributed by atoms with E-state index in [0.717, 1.165) is 11.1 Å². The number of hydrogen-bond donors (Lipinski definition) is 3. The molecule has 0 saturated carbocycles.